The zero-order valence-corrected chi connectivity index (χ0v) is 10.8. The normalized spacial score (nSPS) is 13.3. The van der Waals surface area contributed by atoms with Gasteiger partial charge in [0.25, 0.3) is 0 Å². The third kappa shape index (κ3) is 1.99. The molecule has 0 unspecified atom stereocenters. The van der Waals surface area contributed by atoms with Crippen molar-refractivity contribution in [3.05, 3.63) is 76.9 Å². The SMILES string of the molecule is CCCc1cccc(C2=CCc3ccccc32)c1. The predicted molar refractivity (Wildman–Crippen MR) is 77.7 cm³/mol. The quantitative estimate of drug-likeness (QED) is 0.726. The van der Waals surface area contributed by atoms with Crippen LogP contribution in [-0.2, 0) is 12.8 Å². The summed E-state index contributed by atoms with van der Waals surface area (Å²) in [5.74, 6) is 0. The molecule has 0 saturated carbocycles. The fourth-order valence-electron chi connectivity index (χ4n) is 2.74. The molecule has 0 heterocycles. The fraction of sp³-hybridized carbons (Fsp3) is 0.222. The summed E-state index contributed by atoms with van der Waals surface area (Å²) in [6, 6.07) is 17.7. The molecule has 1 aliphatic rings. The van der Waals surface area contributed by atoms with E-state index in [1.807, 2.05) is 0 Å². The lowest BCUT2D eigenvalue weighted by atomic mass is 9.97. The molecule has 0 heteroatoms. The summed E-state index contributed by atoms with van der Waals surface area (Å²) in [5, 5.41) is 0. The maximum absolute atomic E-state index is 2.36. The topological polar surface area (TPSA) is 0 Å². The van der Waals surface area contributed by atoms with E-state index in [2.05, 4.69) is 61.5 Å². The van der Waals surface area contributed by atoms with Gasteiger partial charge in [0.05, 0.1) is 0 Å². The molecular weight excluding hydrogens is 216 g/mol. The minimum atomic E-state index is 1.07. The molecule has 2 aromatic carbocycles. The second-order valence-electron chi connectivity index (χ2n) is 4.93. The first-order chi connectivity index (χ1) is 8.88. The molecule has 0 aliphatic heterocycles. The van der Waals surface area contributed by atoms with Gasteiger partial charge in [-0.15, -0.1) is 0 Å². The van der Waals surface area contributed by atoms with Crippen molar-refractivity contribution in [2.45, 2.75) is 26.2 Å². The molecular formula is C18H18. The molecule has 18 heavy (non-hydrogen) atoms. The maximum Gasteiger partial charge on any atom is -0.00819 e. The molecule has 0 nitrogen and oxygen atoms in total. The van der Waals surface area contributed by atoms with Crippen molar-refractivity contribution < 1.29 is 0 Å². The Morgan fingerprint density at radius 1 is 1.00 bits per heavy atom. The van der Waals surface area contributed by atoms with Crippen molar-refractivity contribution >= 4 is 5.57 Å². The number of hydrogen-bond acceptors (Lipinski definition) is 0. The van der Waals surface area contributed by atoms with E-state index in [4.69, 9.17) is 0 Å². The van der Waals surface area contributed by atoms with Crippen LogP contribution in [0.5, 0.6) is 0 Å². The van der Waals surface area contributed by atoms with Crippen LogP contribution < -0.4 is 0 Å². The Kier molecular flexibility index (Phi) is 3.02. The molecule has 0 N–H and O–H groups in total. The van der Waals surface area contributed by atoms with Gasteiger partial charge in [0.1, 0.15) is 0 Å². The highest BCUT2D eigenvalue weighted by molar-refractivity contribution is 5.84. The smallest absolute Gasteiger partial charge is 0.00819 e. The lowest BCUT2D eigenvalue weighted by Gasteiger charge is -2.08. The second kappa shape index (κ2) is 4.81. The van der Waals surface area contributed by atoms with Gasteiger partial charge in [0.15, 0.2) is 0 Å². The first-order valence-electron chi connectivity index (χ1n) is 6.76. The van der Waals surface area contributed by atoms with E-state index in [9.17, 15) is 0 Å². The first kappa shape index (κ1) is 11.3. The Morgan fingerprint density at radius 3 is 2.78 bits per heavy atom. The van der Waals surface area contributed by atoms with E-state index < -0.39 is 0 Å². The van der Waals surface area contributed by atoms with Gasteiger partial charge in [-0.2, -0.15) is 0 Å². The van der Waals surface area contributed by atoms with Gasteiger partial charge in [-0.05, 0) is 40.7 Å². The minimum absolute atomic E-state index is 1.07. The maximum atomic E-state index is 2.36. The molecule has 3 rings (SSSR count). The van der Waals surface area contributed by atoms with E-state index >= 15 is 0 Å². The number of allylic oxidation sites excluding steroid dienone is 1. The van der Waals surface area contributed by atoms with E-state index in [-0.39, 0.29) is 0 Å². The third-order valence-corrected chi connectivity index (χ3v) is 3.61. The van der Waals surface area contributed by atoms with Crippen molar-refractivity contribution in [2.75, 3.05) is 0 Å². The Bertz CT molecular complexity index is 590. The summed E-state index contributed by atoms with van der Waals surface area (Å²) >= 11 is 0. The Morgan fingerprint density at radius 2 is 1.89 bits per heavy atom. The molecule has 2 aromatic rings. The molecule has 0 spiro atoms. The fourth-order valence-corrected chi connectivity index (χ4v) is 2.74. The monoisotopic (exact) mass is 234 g/mol. The highest BCUT2D eigenvalue weighted by atomic mass is 14.2. The van der Waals surface area contributed by atoms with Crippen LogP contribution in [0.15, 0.2) is 54.6 Å². The highest BCUT2D eigenvalue weighted by Crippen LogP contribution is 2.32. The molecule has 0 atom stereocenters. The Labute approximate surface area is 109 Å². The second-order valence-corrected chi connectivity index (χ2v) is 4.93. The van der Waals surface area contributed by atoms with Crippen molar-refractivity contribution in [3.63, 3.8) is 0 Å². The van der Waals surface area contributed by atoms with Gasteiger partial charge in [-0.3, -0.25) is 0 Å². The molecule has 0 amide bonds. The van der Waals surface area contributed by atoms with Crippen LogP contribution in [0.3, 0.4) is 0 Å². The molecule has 0 radical (unpaired) electrons. The van der Waals surface area contributed by atoms with Gasteiger partial charge < -0.3 is 0 Å². The largest absolute Gasteiger partial charge is 0.0716 e. The van der Waals surface area contributed by atoms with Gasteiger partial charge >= 0.3 is 0 Å². The standard InChI is InChI=1S/C18H18/c1-2-6-14-7-5-9-16(13-14)18-12-11-15-8-3-4-10-17(15)18/h3-5,7-10,12-13H,2,6,11H2,1H3. The summed E-state index contributed by atoms with van der Waals surface area (Å²) in [4.78, 5) is 0. The Hall–Kier alpha value is -1.82. The van der Waals surface area contributed by atoms with Crippen LogP contribution in [0.4, 0.5) is 0 Å². The number of benzene rings is 2. The molecule has 0 bridgehead atoms. The number of hydrogen-bond donors (Lipinski definition) is 0. The van der Waals surface area contributed by atoms with Gasteiger partial charge in [-0.25, -0.2) is 0 Å². The number of aryl methyl sites for hydroxylation is 1. The molecule has 0 fully saturated rings. The van der Waals surface area contributed by atoms with E-state index in [1.54, 1.807) is 0 Å². The number of fused-ring (bicyclic) bond motifs is 1. The van der Waals surface area contributed by atoms with Crippen LogP contribution >= 0.6 is 0 Å². The van der Waals surface area contributed by atoms with E-state index in [0.717, 1.165) is 6.42 Å². The summed E-state index contributed by atoms with van der Waals surface area (Å²) in [6.45, 7) is 2.23. The van der Waals surface area contributed by atoms with Crippen molar-refractivity contribution in [2.24, 2.45) is 0 Å². The third-order valence-electron chi connectivity index (χ3n) is 3.61. The lowest BCUT2D eigenvalue weighted by molar-refractivity contribution is 0.921. The summed E-state index contributed by atoms with van der Waals surface area (Å²) < 4.78 is 0. The van der Waals surface area contributed by atoms with Crippen LogP contribution in [0, 0.1) is 0 Å². The average Bonchev–Trinajstić information content (AvgIpc) is 2.83. The zero-order valence-electron chi connectivity index (χ0n) is 10.8. The minimum Gasteiger partial charge on any atom is -0.0716 e. The molecule has 90 valence electrons. The lowest BCUT2D eigenvalue weighted by Crippen LogP contribution is -1.89. The van der Waals surface area contributed by atoms with Gasteiger partial charge in [-0.1, -0.05) is 68.0 Å². The summed E-state index contributed by atoms with van der Waals surface area (Å²) in [6.07, 6.45) is 5.81. The van der Waals surface area contributed by atoms with Crippen molar-refractivity contribution in [1.29, 1.82) is 0 Å². The van der Waals surface area contributed by atoms with Crippen LogP contribution in [-0.4, -0.2) is 0 Å². The van der Waals surface area contributed by atoms with Crippen molar-refractivity contribution in [1.82, 2.24) is 0 Å². The average molecular weight is 234 g/mol. The molecule has 0 aromatic heterocycles. The Balaban J connectivity index is 1.99. The highest BCUT2D eigenvalue weighted by Gasteiger charge is 2.14. The van der Waals surface area contributed by atoms with E-state index in [1.165, 1.54) is 40.7 Å². The van der Waals surface area contributed by atoms with Gasteiger partial charge in [0, 0.05) is 0 Å². The van der Waals surface area contributed by atoms with Crippen LogP contribution in [0.1, 0.15) is 35.6 Å². The van der Waals surface area contributed by atoms with Crippen LogP contribution in [0.25, 0.3) is 5.57 Å². The first-order valence-corrected chi connectivity index (χ1v) is 6.76. The molecule has 0 saturated heterocycles. The zero-order chi connectivity index (χ0) is 12.4. The molecule has 1 aliphatic carbocycles. The number of rotatable bonds is 3. The van der Waals surface area contributed by atoms with Crippen LogP contribution in [0.2, 0.25) is 0 Å². The predicted octanol–water partition coefficient (Wildman–Crippen LogP) is 4.63. The summed E-state index contributed by atoms with van der Waals surface area (Å²) in [7, 11) is 0. The summed E-state index contributed by atoms with van der Waals surface area (Å²) in [5.41, 5.74) is 7.08. The van der Waals surface area contributed by atoms with Gasteiger partial charge in [0.2, 0.25) is 0 Å². The van der Waals surface area contributed by atoms with Crippen molar-refractivity contribution in [3.8, 4) is 0 Å². The van der Waals surface area contributed by atoms with E-state index in [0.29, 0.717) is 0 Å².